The van der Waals surface area contributed by atoms with Crippen LogP contribution >= 0.6 is 0 Å². The molecule has 0 N–H and O–H groups in total. The number of carbonyl (C=O) groups excluding carboxylic acids is 1. The Kier molecular flexibility index (Phi) is 4.86. The van der Waals surface area contributed by atoms with Gasteiger partial charge in [-0.3, -0.25) is 4.79 Å². The number of benzene rings is 1. The van der Waals surface area contributed by atoms with Gasteiger partial charge in [-0.15, -0.1) is 0 Å². The number of quaternary nitrogens is 1. The molecule has 3 rings (SSSR count). The molecule has 2 aliphatic heterocycles. The third-order valence-electron chi connectivity index (χ3n) is 6.13. The first-order valence-electron chi connectivity index (χ1n) is 9.35. The van der Waals surface area contributed by atoms with Gasteiger partial charge in [0, 0.05) is 31.5 Å². The third-order valence-corrected chi connectivity index (χ3v) is 6.13. The Morgan fingerprint density at radius 3 is 2.33 bits per heavy atom. The smallest absolute Gasteiger partial charge is 0.285 e. The van der Waals surface area contributed by atoms with E-state index in [2.05, 4.69) is 25.7 Å². The Morgan fingerprint density at radius 2 is 1.79 bits per heavy atom. The highest BCUT2D eigenvalue weighted by molar-refractivity contribution is 5.98. The number of ether oxygens (including phenoxy) is 1. The zero-order valence-electron chi connectivity index (χ0n) is 15.6. The van der Waals surface area contributed by atoms with E-state index in [0.717, 1.165) is 53.0 Å². The Balaban J connectivity index is 1.94. The number of carbonyl (C=O) groups is 1. The first-order chi connectivity index (χ1) is 11.5. The van der Waals surface area contributed by atoms with Crippen molar-refractivity contribution < 1.29 is 14.0 Å². The van der Waals surface area contributed by atoms with Crippen LogP contribution in [-0.2, 0) is 4.79 Å². The predicted octanol–water partition coefficient (Wildman–Crippen LogP) is 3.44. The maximum atomic E-state index is 13.4. The van der Waals surface area contributed by atoms with Gasteiger partial charge in [0.15, 0.2) is 6.04 Å². The lowest BCUT2D eigenvalue weighted by Crippen LogP contribution is -2.62. The second-order valence-corrected chi connectivity index (χ2v) is 7.45. The first kappa shape index (κ1) is 17.3. The number of methoxy groups -OCH3 is 1. The van der Waals surface area contributed by atoms with Crippen LogP contribution in [0, 0.1) is 13.8 Å². The van der Waals surface area contributed by atoms with Gasteiger partial charge in [-0.2, -0.15) is 0 Å². The van der Waals surface area contributed by atoms with Gasteiger partial charge in [0.1, 0.15) is 5.75 Å². The van der Waals surface area contributed by atoms with Crippen molar-refractivity contribution in [3.8, 4) is 5.75 Å². The van der Waals surface area contributed by atoms with Gasteiger partial charge >= 0.3 is 0 Å². The number of rotatable bonds is 4. The van der Waals surface area contributed by atoms with Gasteiger partial charge < -0.3 is 14.1 Å². The summed E-state index contributed by atoms with van der Waals surface area (Å²) in [5, 5.41) is 0. The molecule has 1 atom stereocenters. The monoisotopic (exact) mass is 331 g/mol. The lowest BCUT2D eigenvalue weighted by molar-refractivity contribution is -0.930. The van der Waals surface area contributed by atoms with E-state index >= 15 is 0 Å². The molecule has 2 fully saturated rings. The number of piperidine rings is 1. The molecule has 0 aromatic heterocycles. The first-order valence-corrected chi connectivity index (χ1v) is 9.35. The molecule has 1 amide bonds. The molecule has 132 valence electrons. The van der Waals surface area contributed by atoms with E-state index in [-0.39, 0.29) is 6.04 Å². The van der Waals surface area contributed by atoms with E-state index in [4.69, 9.17) is 4.74 Å². The van der Waals surface area contributed by atoms with E-state index in [1.807, 2.05) is 12.1 Å². The number of amides is 1. The molecule has 4 nitrogen and oxygen atoms in total. The van der Waals surface area contributed by atoms with Crippen LogP contribution in [0.25, 0.3) is 0 Å². The van der Waals surface area contributed by atoms with Crippen LogP contribution < -0.4 is 9.64 Å². The van der Waals surface area contributed by atoms with Gasteiger partial charge in [0.25, 0.3) is 5.91 Å². The highest BCUT2D eigenvalue weighted by Crippen LogP contribution is 2.35. The molecule has 0 radical (unpaired) electrons. The van der Waals surface area contributed by atoms with Crippen molar-refractivity contribution in [2.75, 3.05) is 38.2 Å². The Labute approximate surface area is 146 Å². The molecule has 1 unspecified atom stereocenters. The van der Waals surface area contributed by atoms with Gasteiger partial charge in [0.2, 0.25) is 0 Å². The molecule has 1 aromatic rings. The van der Waals surface area contributed by atoms with E-state index < -0.39 is 0 Å². The normalized spacial score (nSPS) is 23.6. The third kappa shape index (κ3) is 2.81. The summed E-state index contributed by atoms with van der Waals surface area (Å²) in [7, 11) is 1.69. The van der Waals surface area contributed by atoms with E-state index in [1.54, 1.807) is 7.11 Å². The lowest BCUT2D eigenvalue weighted by atomic mass is 9.97. The van der Waals surface area contributed by atoms with E-state index in [1.165, 1.54) is 25.9 Å². The number of likely N-dealkylation sites (N-methyl/N-ethyl adjacent to an activating group) is 1. The Hall–Kier alpha value is -1.55. The van der Waals surface area contributed by atoms with Gasteiger partial charge in [-0.05, 0) is 50.5 Å². The van der Waals surface area contributed by atoms with Crippen LogP contribution in [0.5, 0.6) is 5.75 Å². The maximum absolute atomic E-state index is 13.4. The zero-order valence-corrected chi connectivity index (χ0v) is 15.6. The van der Waals surface area contributed by atoms with Crippen LogP contribution in [0.4, 0.5) is 5.69 Å². The molecule has 0 aliphatic carbocycles. The number of nitrogens with zero attached hydrogens (tertiary/aromatic N) is 2. The number of likely N-dealkylation sites (tertiary alicyclic amines) is 1. The van der Waals surface area contributed by atoms with Gasteiger partial charge in [-0.25, -0.2) is 0 Å². The standard InChI is InChI=1S/C20H31N2O2/c1-5-22(11-6-7-12-22)18-9-8-10-21(20(18)23)19-15(2)13-17(24-4)14-16(19)3/h13-14,18H,5-12H2,1-4H3/q+1. The molecule has 2 aliphatic rings. The summed E-state index contributed by atoms with van der Waals surface area (Å²) >= 11 is 0. The quantitative estimate of drug-likeness (QED) is 0.791. The second kappa shape index (κ2) is 6.75. The maximum Gasteiger partial charge on any atom is 0.285 e. The topological polar surface area (TPSA) is 29.5 Å². The Morgan fingerprint density at radius 1 is 1.17 bits per heavy atom. The fourth-order valence-electron chi connectivity index (χ4n) is 4.86. The minimum atomic E-state index is 0.146. The SMILES string of the molecule is CC[N+]1(C2CCCN(c3c(C)cc(OC)cc3C)C2=O)CCCC1. The largest absolute Gasteiger partial charge is 0.497 e. The molecular weight excluding hydrogens is 300 g/mol. The molecule has 0 saturated carbocycles. The fourth-order valence-corrected chi connectivity index (χ4v) is 4.86. The number of hydrogen-bond donors (Lipinski definition) is 0. The summed E-state index contributed by atoms with van der Waals surface area (Å²) in [4.78, 5) is 15.5. The molecule has 0 spiro atoms. The number of anilines is 1. The van der Waals surface area contributed by atoms with Crippen LogP contribution in [0.15, 0.2) is 12.1 Å². The molecule has 1 aromatic carbocycles. The number of aryl methyl sites for hydroxylation is 2. The van der Waals surface area contributed by atoms with Crippen molar-refractivity contribution in [1.82, 2.24) is 0 Å². The molecule has 0 bridgehead atoms. The molecular formula is C20H31N2O2+. The summed E-state index contributed by atoms with van der Waals surface area (Å²) in [6.45, 7) is 10.7. The summed E-state index contributed by atoms with van der Waals surface area (Å²) in [5.41, 5.74) is 3.36. The number of hydrogen-bond acceptors (Lipinski definition) is 2. The molecule has 2 saturated heterocycles. The van der Waals surface area contributed by atoms with Crippen LogP contribution in [-0.4, -0.2) is 49.7 Å². The predicted molar refractivity (Wildman–Crippen MR) is 97.6 cm³/mol. The molecule has 2 heterocycles. The fraction of sp³-hybridized carbons (Fsp3) is 0.650. The van der Waals surface area contributed by atoms with Gasteiger partial charge in [0.05, 0.1) is 26.7 Å². The molecule has 4 heteroatoms. The minimum Gasteiger partial charge on any atom is -0.497 e. The van der Waals surface area contributed by atoms with Gasteiger partial charge in [-0.1, -0.05) is 0 Å². The van der Waals surface area contributed by atoms with Crippen molar-refractivity contribution in [2.24, 2.45) is 0 Å². The average Bonchev–Trinajstić information content (AvgIpc) is 3.05. The minimum absolute atomic E-state index is 0.146. The second-order valence-electron chi connectivity index (χ2n) is 7.45. The summed E-state index contributed by atoms with van der Waals surface area (Å²) in [6.07, 6.45) is 4.66. The van der Waals surface area contributed by atoms with Crippen LogP contribution in [0.2, 0.25) is 0 Å². The lowest BCUT2D eigenvalue weighted by Gasteiger charge is -2.44. The van der Waals surface area contributed by atoms with E-state index in [0.29, 0.717) is 5.91 Å². The summed E-state index contributed by atoms with van der Waals surface area (Å²) in [5.74, 6) is 1.20. The van der Waals surface area contributed by atoms with Crippen molar-refractivity contribution in [3.63, 3.8) is 0 Å². The van der Waals surface area contributed by atoms with Crippen LogP contribution in [0.3, 0.4) is 0 Å². The van der Waals surface area contributed by atoms with Crippen molar-refractivity contribution in [1.29, 1.82) is 0 Å². The highest BCUT2D eigenvalue weighted by Gasteiger charge is 2.46. The molecule has 24 heavy (non-hydrogen) atoms. The van der Waals surface area contributed by atoms with Crippen molar-refractivity contribution >= 4 is 11.6 Å². The van der Waals surface area contributed by atoms with Crippen molar-refractivity contribution in [2.45, 2.75) is 52.5 Å². The van der Waals surface area contributed by atoms with Crippen LogP contribution in [0.1, 0.15) is 43.7 Å². The summed E-state index contributed by atoms with van der Waals surface area (Å²) in [6, 6.07) is 4.23. The summed E-state index contributed by atoms with van der Waals surface area (Å²) < 4.78 is 6.38. The highest BCUT2D eigenvalue weighted by atomic mass is 16.5. The Bertz CT molecular complexity index is 597. The van der Waals surface area contributed by atoms with E-state index in [9.17, 15) is 4.79 Å². The van der Waals surface area contributed by atoms with Crippen molar-refractivity contribution in [3.05, 3.63) is 23.3 Å². The average molecular weight is 331 g/mol. The zero-order chi connectivity index (χ0) is 17.3.